The molecule has 0 atom stereocenters. The minimum Gasteiger partial charge on any atom is -0.497 e. The maximum absolute atomic E-state index is 12.0. The Morgan fingerprint density at radius 3 is 2.21 bits per heavy atom. The Labute approximate surface area is 111 Å². The Balaban J connectivity index is 2.30. The zero-order chi connectivity index (χ0) is 13.9. The fraction of sp³-hybridized carbons (Fsp3) is 0.0769. The molecule has 0 aliphatic carbocycles. The number of para-hydroxylation sites is 2. The molecule has 2 N–H and O–H groups in total. The zero-order valence-electron chi connectivity index (χ0n) is 10.2. The summed E-state index contributed by atoms with van der Waals surface area (Å²) < 4.78 is 34.0. The lowest BCUT2D eigenvalue weighted by molar-refractivity contribution is 0.414. The largest absolute Gasteiger partial charge is 0.497 e. The Morgan fingerprint density at radius 1 is 1.00 bits per heavy atom. The van der Waals surface area contributed by atoms with Gasteiger partial charge in [0, 0.05) is 0 Å². The number of nitrogen functional groups attached to an aromatic ring is 1. The van der Waals surface area contributed by atoms with Gasteiger partial charge in [-0.2, -0.15) is 8.42 Å². The minimum absolute atomic E-state index is 0.0385. The van der Waals surface area contributed by atoms with Crippen LogP contribution in [0.15, 0.2) is 53.4 Å². The van der Waals surface area contributed by atoms with Crippen molar-refractivity contribution in [3.05, 3.63) is 48.5 Å². The van der Waals surface area contributed by atoms with Crippen LogP contribution in [-0.4, -0.2) is 15.5 Å². The summed E-state index contributed by atoms with van der Waals surface area (Å²) in [4.78, 5) is 0.0385. The normalized spacial score (nSPS) is 11.0. The first kappa shape index (κ1) is 13.2. The highest BCUT2D eigenvalue weighted by Gasteiger charge is 2.17. The summed E-state index contributed by atoms with van der Waals surface area (Å²) in [6, 6.07) is 12.3. The zero-order valence-corrected chi connectivity index (χ0v) is 11.1. The van der Waals surface area contributed by atoms with E-state index in [1.807, 2.05) is 0 Å². The highest BCUT2D eigenvalue weighted by molar-refractivity contribution is 7.87. The second-order valence-electron chi connectivity index (χ2n) is 3.75. The first-order valence-corrected chi connectivity index (χ1v) is 6.87. The number of hydrogen-bond acceptors (Lipinski definition) is 5. The van der Waals surface area contributed by atoms with Crippen molar-refractivity contribution < 1.29 is 17.3 Å². The molecule has 0 aromatic heterocycles. The number of rotatable bonds is 4. The molecule has 0 aliphatic heterocycles. The quantitative estimate of drug-likeness (QED) is 0.684. The van der Waals surface area contributed by atoms with Gasteiger partial charge < -0.3 is 14.7 Å². The van der Waals surface area contributed by atoms with Crippen LogP contribution in [0.4, 0.5) is 5.69 Å². The van der Waals surface area contributed by atoms with Gasteiger partial charge in [0.1, 0.15) is 10.6 Å². The van der Waals surface area contributed by atoms with Crippen molar-refractivity contribution in [2.45, 2.75) is 4.90 Å². The van der Waals surface area contributed by atoms with Crippen molar-refractivity contribution in [3.63, 3.8) is 0 Å². The first-order valence-electron chi connectivity index (χ1n) is 5.46. The van der Waals surface area contributed by atoms with Gasteiger partial charge in [-0.15, -0.1) is 0 Å². The third-order valence-electron chi connectivity index (χ3n) is 2.47. The molecule has 6 heteroatoms. The van der Waals surface area contributed by atoms with Crippen molar-refractivity contribution in [2.75, 3.05) is 12.8 Å². The molecule has 0 spiro atoms. The molecular formula is C13H13NO4S. The van der Waals surface area contributed by atoms with Gasteiger partial charge in [0.25, 0.3) is 0 Å². The lowest BCUT2D eigenvalue weighted by Crippen LogP contribution is -2.10. The van der Waals surface area contributed by atoms with Gasteiger partial charge in [0.2, 0.25) is 0 Å². The summed E-state index contributed by atoms with van der Waals surface area (Å²) in [7, 11) is -2.39. The van der Waals surface area contributed by atoms with Crippen molar-refractivity contribution in [2.24, 2.45) is 0 Å². The summed E-state index contributed by atoms with van der Waals surface area (Å²) in [5, 5.41) is 0. The molecule has 2 aromatic rings. The van der Waals surface area contributed by atoms with Gasteiger partial charge in [-0.05, 0) is 36.4 Å². The third kappa shape index (κ3) is 2.97. The predicted molar refractivity (Wildman–Crippen MR) is 71.7 cm³/mol. The highest BCUT2D eigenvalue weighted by atomic mass is 32.2. The number of hydrogen-bond donors (Lipinski definition) is 1. The summed E-state index contributed by atoms with van der Waals surface area (Å²) >= 11 is 0. The molecule has 2 rings (SSSR count). The van der Waals surface area contributed by atoms with Crippen LogP contribution >= 0.6 is 0 Å². The maximum Gasteiger partial charge on any atom is 0.339 e. The summed E-state index contributed by atoms with van der Waals surface area (Å²) in [5.41, 5.74) is 5.91. The van der Waals surface area contributed by atoms with Crippen molar-refractivity contribution in [1.82, 2.24) is 0 Å². The lowest BCUT2D eigenvalue weighted by Gasteiger charge is -2.09. The van der Waals surface area contributed by atoms with Crippen LogP contribution in [0.25, 0.3) is 0 Å². The molecule has 0 saturated carbocycles. The van der Waals surface area contributed by atoms with E-state index in [0.717, 1.165) is 0 Å². The number of ether oxygens (including phenoxy) is 1. The van der Waals surface area contributed by atoms with Crippen LogP contribution in [-0.2, 0) is 10.1 Å². The van der Waals surface area contributed by atoms with E-state index in [1.165, 1.54) is 25.3 Å². The number of nitrogens with two attached hydrogens (primary N) is 1. The van der Waals surface area contributed by atoms with Gasteiger partial charge in [0.05, 0.1) is 12.8 Å². The van der Waals surface area contributed by atoms with Crippen LogP contribution in [0.2, 0.25) is 0 Å². The summed E-state index contributed by atoms with van der Waals surface area (Å²) in [6.07, 6.45) is 0. The maximum atomic E-state index is 12.0. The topological polar surface area (TPSA) is 78.6 Å². The van der Waals surface area contributed by atoms with Crippen LogP contribution < -0.4 is 14.7 Å². The summed E-state index contributed by atoms with van der Waals surface area (Å²) in [6.45, 7) is 0. The SMILES string of the molecule is COc1ccc(S(=O)(=O)Oc2ccccc2N)cc1. The molecular weight excluding hydrogens is 266 g/mol. The molecule has 0 fully saturated rings. The van der Waals surface area contributed by atoms with Gasteiger partial charge in [-0.3, -0.25) is 0 Å². The van der Waals surface area contributed by atoms with Gasteiger partial charge in [-0.1, -0.05) is 12.1 Å². The predicted octanol–water partition coefficient (Wildman–Crippen LogP) is 2.05. The van der Waals surface area contributed by atoms with Crippen LogP contribution in [0.3, 0.4) is 0 Å². The smallest absolute Gasteiger partial charge is 0.339 e. The molecule has 0 unspecified atom stereocenters. The van der Waals surface area contributed by atoms with E-state index in [9.17, 15) is 8.42 Å². The Morgan fingerprint density at radius 2 is 1.63 bits per heavy atom. The van der Waals surface area contributed by atoms with Gasteiger partial charge in [-0.25, -0.2) is 0 Å². The molecule has 5 nitrogen and oxygen atoms in total. The van der Waals surface area contributed by atoms with E-state index in [0.29, 0.717) is 5.75 Å². The molecule has 19 heavy (non-hydrogen) atoms. The number of benzene rings is 2. The molecule has 100 valence electrons. The molecule has 0 bridgehead atoms. The van der Waals surface area contributed by atoms with Crippen molar-refractivity contribution >= 4 is 15.8 Å². The van der Waals surface area contributed by atoms with E-state index in [4.69, 9.17) is 14.7 Å². The standard InChI is InChI=1S/C13H13NO4S/c1-17-10-6-8-11(9-7-10)19(15,16)18-13-5-3-2-4-12(13)14/h2-9H,14H2,1H3. The third-order valence-corrected chi connectivity index (χ3v) is 3.72. The molecule has 0 heterocycles. The number of anilines is 1. The average molecular weight is 279 g/mol. The second-order valence-corrected chi connectivity index (χ2v) is 5.30. The van der Waals surface area contributed by atoms with E-state index in [-0.39, 0.29) is 16.3 Å². The Hall–Kier alpha value is -2.21. The fourth-order valence-corrected chi connectivity index (χ4v) is 2.42. The van der Waals surface area contributed by atoms with E-state index in [1.54, 1.807) is 30.3 Å². The summed E-state index contributed by atoms with van der Waals surface area (Å²) in [5.74, 6) is 0.677. The average Bonchev–Trinajstić information content (AvgIpc) is 2.41. The second kappa shape index (κ2) is 5.19. The Kier molecular flexibility index (Phi) is 3.62. The lowest BCUT2D eigenvalue weighted by atomic mass is 10.3. The molecule has 2 aromatic carbocycles. The molecule has 0 amide bonds. The van der Waals surface area contributed by atoms with Gasteiger partial charge >= 0.3 is 10.1 Å². The van der Waals surface area contributed by atoms with Crippen LogP contribution in [0.5, 0.6) is 11.5 Å². The van der Waals surface area contributed by atoms with E-state index in [2.05, 4.69) is 0 Å². The van der Waals surface area contributed by atoms with E-state index >= 15 is 0 Å². The number of methoxy groups -OCH3 is 1. The Bertz CT molecular complexity index is 665. The van der Waals surface area contributed by atoms with Crippen LogP contribution in [0.1, 0.15) is 0 Å². The minimum atomic E-state index is -3.90. The van der Waals surface area contributed by atoms with Crippen molar-refractivity contribution in [3.8, 4) is 11.5 Å². The van der Waals surface area contributed by atoms with Gasteiger partial charge in [0.15, 0.2) is 5.75 Å². The van der Waals surface area contributed by atoms with Crippen LogP contribution in [0, 0.1) is 0 Å². The monoisotopic (exact) mass is 279 g/mol. The molecule has 0 saturated heterocycles. The molecule has 0 aliphatic rings. The van der Waals surface area contributed by atoms with E-state index < -0.39 is 10.1 Å². The molecule has 0 radical (unpaired) electrons. The van der Waals surface area contributed by atoms with Crippen molar-refractivity contribution in [1.29, 1.82) is 0 Å². The fourth-order valence-electron chi connectivity index (χ4n) is 1.47. The highest BCUT2D eigenvalue weighted by Crippen LogP contribution is 2.25. The first-order chi connectivity index (χ1) is 9.03.